The van der Waals surface area contributed by atoms with Gasteiger partial charge in [-0.05, 0) is 26.6 Å². The fraction of sp³-hybridized carbons (Fsp3) is 0.417. The maximum Gasteiger partial charge on any atom is 0.164 e. The number of carbonyl (C=O) groups is 1. The first kappa shape index (κ1) is 10.9. The lowest BCUT2D eigenvalue weighted by Crippen LogP contribution is -2.17. The van der Waals surface area contributed by atoms with Gasteiger partial charge in [0.15, 0.2) is 5.78 Å². The van der Waals surface area contributed by atoms with Crippen LogP contribution in [0.15, 0.2) is 24.3 Å². The third-order valence-corrected chi connectivity index (χ3v) is 2.23. The van der Waals surface area contributed by atoms with Crippen molar-refractivity contribution in [1.82, 2.24) is 4.90 Å². The van der Waals surface area contributed by atoms with Gasteiger partial charge in [0.2, 0.25) is 0 Å². The second-order valence-electron chi connectivity index (χ2n) is 3.79. The van der Waals surface area contributed by atoms with Crippen LogP contribution in [-0.4, -0.2) is 31.3 Å². The SMILES string of the molecule is Cc1ccccc1C(=O)CCN(C)C. The van der Waals surface area contributed by atoms with Crippen LogP contribution < -0.4 is 0 Å². The zero-order valence-corrected chi connectivity index (χ0v) is 9.08. The summed E-state index contributed by atoms with van der Waals surface area (Å²) in [4.78, 5) is 13.8. The molecule has 76 valence electrons. The normalized spacial score (nSPS) is 10.6. The predicted octanol–water partition coefficient (Wildman–Crippen LogP) is 2.13. The predicted molar refractivity (Wildman–Crippen MR) is 58.7 cm³/mol. The molecule has 0 aromatic heterocycles. The highest BCUT2D eigenvalue weighted by atomic mass is 16.1. The number of Topliss-reactive ketones (excluding diaryl/α,β-unsaturated/α-hetero) is 1. The number of rotatable bonds is 4. The molecule has 0 heterocycles. The molecule has 0 aliphatic carbocycles. The number of hydrogen-bond donors (Lipinski definition) is 0. The molecule has 0 aliphatic heterocycles. The Labute approximate surface area is 85.5 Å². The van der Waals surface area contributed by atoms with Crippen molar-refractivity contribution in [3.05, 3.63) is 35.4 Å². The summed E-state index contributed by atoms with van der Waals surface area (Å²) < 4.78 is 0. The van der Waals surface area contributed by atoms with Crippen molar-refractivity contribution in [2.75, 3.05) is 20.6 Å². The maximum atomic E-state index is 11.7. The Kier molecular flexibility index (Phi) is 3.84. The summed E-state index contributed by atoms with van der Waals surface area (Å²) in [5.74, 6) is 0.233. The summed E-state index contributed by atoms with van der Waals surface area (Å²) in [6.45, 7) is 2.79. The highest BCUT2D eigenvalue weighted by Crippen LogP contribution is 2.09. The molecule has 2 nitrogen and oxygen atoms in total. The van der Waals surface area contributed by atoms with Crippen LogP contribution in [0.2, 0.25) is 0 Å². The quantitative estimate of drug-likeness (QED) is 0.679. The van der Waals surface area contributed by atoms with Crippen molar-refractivity contribution in [1.29, 1.82) is 0 Å². The van der Waals surface area contributed by atoms with Gasteiger partial charge in [0, 0.05) is 18.5 Å². The second-order valence-corrected chi connectivity index (χ2v) is 3.79. The van der Waals surface area contributed by atoms with E-state index < -0.39 is 0 Å². The molecule has 0 aliphatic rings. The van der Waals surface area contributed by atoms with Crippen LogP contribution in [0.5, 0.6) is 0 Å². The van der Waals surface area contributed by atoms with Crippen LogP contribution in [0.3, 0.4) is 0 Å². The lowest BCUT2D eigenvalue weighted by Gasteiger charge is -2.09. The van der Waals surface area contributed by atoms with E-state index in [9.17, 15) is 4.79 Å². The molecule has 14 heavy (non-hydrogen) atoms. The van der Waals surface area contributed by atoms with Crippen LogP contribution in [0.4, 0.5) is 0 Å². The molecule has 0 saturated carbocycles. The Morgan fingerprint density at radius 1 is 1.29 bits per heavy atom. The highest BCUT2D eigenvalue weighted by Gasteiger charge is 2.07. The summed E-state index contributed by atoms with van der Waals surface area (Å²) >= 11 is 0. The average molecular weight is 191 g/mol. The first-order chi connectivity index (χ1) is 6.61. The summed E-state index contributed by atoms with van der Waals surface area (Å²) in [6, 6.07) is 7.74. The van der Waals surface area contributed by atoms with Crippen molar-refractivity contribution in [2.24, 2.45) is 0 Å². The Morgan fingerprint density at radius 3 is 2.50 bits per heavy atom. The Morgan fingerprint density at radius 2 is 1.93 bits per heavy atom. The largest absolute Gasteiger partial charge is 0.309 e. The topological polar surface area (TPSA) is 20.3 Å². The molecule has 0 N–H and O–H groups in total. The molecule has 0 spiro atoms. The molecule has 0 radical (unpaired) electrons. The molecule has 0 unspecified atom stereocenters. The zero-order valence-electron chi connectivity index (χ0n) is 9.08. The fourth-order valence-corrected chi connectivity index (χ4v) is 1.35. The van der Waals surface area contributed by atoms with E-state index in [4.69, 9.17) is 0 Å². The van der Waals surface area contributed by atoms with E-state index in [1.807, 2.05) is 50.2 Å². The van der Waals surface area contributed by atoms with E-state index in [1.165, 1.54) is 0 Å². The third kappa shape index (κ3) is 2.96. The first-order valence-corrected chi connectivity index (χ1v) is 4.85. The molecular weight excluding hydrogens is 174 g/mol. The summed E-state index contributed by atoms with van der Waals surface area (Å²) in [5.41, 5.74) is 1.92. The lowest BCUT2D eigenvalue weighted by molar-refractivity contribution is 0.0972. The maximum absolute atomic E-state index is 11.7. The van der Waals surface area contributed by atoms with Crippen molar-refractivity contribution >= 4 is 5.78 Å². The standard InChI is InChI=1S/C12H17NO/c1-10-6-4-5-7-11(10)12(14)8-9-13(2)3/h4-7H,8-9H2,1-3H3. The monoisotopic (exact) mass is 191 g/mol. The molecule has 0 amide bonds. The zero-order chi connectivity index (χ0) is 10.6. The van der Waals surface area contributed by atoms with E-state index in [1.54, 1.807) is 0 Å². The van der Waals surface area contributed by atoms with Gasteiger partial charge in [-0.1, -0.05) is 24.3 Å². The Hall–Kier alpha value is -1.15. The van der Waals surface area contributed by atoms with Gasteiger partial charge in [-0.15, -0.1) is 0 Å². The third-order valence-electron chi connectivity index (χ3n) is 2.23. The second kappa shape index (κ2) is 4.91. The minimum Gasteiger partial charge on any atom is -0.309 e. The number of hydrogen-bond acceptors (Lipinski definition) is 2. The average Bonchev–Trinajstić information content (AvgIpc) is 2.15. The van der Waals surface area contributed by atoms with Crippen LogP contribution in [-0.2, 0) is 0 Å². The van der Waals surface area contributed by atoms with Gasteiger partial charge in [-0.3, -0.25) is 4.79 Å². The van der Waals surface area contributed by atoms with E-state index in [0.29, 0.717) is 6.42 Å². The van der Waals surface area contributed by atoms with Crippen LogP contribution in [0.25, 0.3) is 0 Å². The van der Waals surface area contributed by atoms with E-state index >= 15 is 0 Å². The van der Waals surface area contributed by atoms with Gasteiger partial charge < -0.3 is 4.90 Å². The fourth-order valence-electron chi connectivity index (χ4n) is 1.35. The van der Waals surface area contributed by atoms with Gasteiger partial charge in [0.1, 0.15) is 0 Å². The number of ketones is 1. The summed E-state index contributed by atoms with van der Waals surface area (Å²) in [6.07, 6.45) is 0.595. The van der Waals surface area contributed by atoms with Crippen LogP contribution >= 0.6 is 0 Å². The summed E-state index contributed by atoms with van der Waals surface area (Å²) in [7, 11) is 3.95. The van der Waals surface area contributed by atoms with Crippen molar-refractivity contribution in [2.45, 2.75) is 13.3 Å². The number of nitrogens with zero attached hydrogens (tertiary/aromatic N) is 1. The van der Waals surface area contributed by atoms with E-state index in [0.717, 1.165) is 17.7 Å². The molecule has 0 atom stereocenters. The Balaban J connectivity index is 2.65. The number of benzene rings is 1. The molecule has 0 fully saturated rings. The molecule has 2 heteroatoms. The molecule has 0 saturated heterocycles. The van der Waals surface area contributed by atoms with Crippen LogP contribution in [0.1, 0.15) is 22.3 Å². The molecule has 1 aromatic carbocycles. The molecule has 1 rings (SSSR count). The first-order valence-electron chi connectivity index (χ1n) is 4.85. The van der Waals surface area contributed by atoms with Gasteiger partial charge >= 0.3 is 0 Å². The number of carbonyl (C=O) groups excluding carboxylic acids is 1. The van der Waals surface area contributed by atoms with E-state index in [2.05, 4.69) is 0 Å². The van der Waals surface area contributed by atoms with Gasteiger partial charge in [0.25, 0.3) is 0 Å². The molecular formula is C12H17NO. The lowest BCUT2D eigenvalue weighted by atomic mass is 10.0. The minimum atomic E-state index is 0.233. The van der Waals surface area contributed by atoms with Gasteiger partial charge in [-0.2, -0.15) is 0 Å². The smallest absolute Gasteiger partial charge is 0.164 e. The highest BCUT2D eigenvalue weighted by molar-refractivity contribution is 5.97. The minimum absolute atomic E-state index is 0.233. The van der Waals surface area contributed by atoms with Crippen molar-refractivity contribution < 1.29 is 4.79 Å². The van der Waals surface area contributed by atoms with E-state index in [-0.39, 0.29) is 5.78 Å². The molecule has 0 bridgehead atoms. The Bertz CT molecular complexity index is 318. The summed E-state index contributed by atoms with van der Waals surface area (Å²) in [5, 5.41) is 0. The molecule has 1 aromatic rings. The van der Waals surface area contributed by atoms with Crippen molar-refractivity contribution in [3.63, 3.8) is 0 Å². The van der Waals surface area contributed by atoms with Gasteiger partial charge in [0.05, 0.1) is 0 Å². The van der Waals surface area contributed by atoms with Crippen molar-refractivity contribution in [3.8, 4) is 0 Å². The number of aryl methyl sites for hydroxylation is 1. The van der Waals surface area contributed by atoms with Gasteiger partial charge in [-0.25, -0.2) is 0 Å². The van der Waals surface area contributed by atoms with Crippen LogP contribution in [0, 0.1) is 6.92 Å².